The van der Waals surface area contributed by atoms with Crippen molar-refractivity contribution in [2.24, 2.45) is 0 Å². The molecule has 158 valence electrons. The minimum Gasteiger partial charge on any atom is -0.349 e. The molecule has 0 spiro atoms. The van der Waals surface area contributed by atoms with Crippen molar-refractivity contribution < 1.29 is 17.6 Å². The number of amides is 1. The van der Waals surface area contributed by atoms with Gasteiger partial charge in [0.05, 0.1) is 18.0 Å². The first-order valence-electron chi connectivity index (χ1n) is 9.71. The van der Waals surface area contributed by atoms with E-state index >= 15 is 0 Å². The maximum atomic E-state index is 13.1. The van der Waals surface area contributed by atoms with Gasteiger partial charge in [0.25, 0.3) is 0 Å². The zero-order valence-corrected chi connectivity index (χ0v) is 18.2. The lowest BCUT2D eigenvalue weighted by atomic mass is 9.97. The Balaban J connectivity index is 1.98. The van der Waals surface area contributed by atoms with Crippen LogP contribution in [-0.4, -0.2) is 27.1 Å². The van der Waals surface area contributed by atoms with Gasteiger partial charge in [-0.05, 0) is 62.1 Å². The Hall–Kier alpha value is -2.41. The molecule has 0 heterocycles. The number of nitrogens with zero attached hydrogens (tertiary/aromatic N) is 1. The molecule has 1 N–H and O–H groups in total. The molecule has 2 rings (SSSR count). The van der Waals surface area contributed by atoms with Crippen LogP contribution < -0.4 is 9.62 Å². The summed E-state index contributed by atoms with van der Waals surface area (Å²) in [7, 11) is -3.53. The molecule has 0 unspecified atom stereocenters. The number of carbonyl (C=O) groups is 1. The molecule has 0 radical (unpaired) electrons. The Labute approximate surface area is 173 Å². The topological polar surface area (TPSA) is 66.5 Å². The standard InChI is InChI=1S/C22H29FN2O3S/c1-5-21(20-13-8-16(2)15-17(20)3)24-22(26)7-6-14-25(29(4,27)28)19-11-9-18(23)10-12-19/h8-13,15,21H,5-7,14H2,1-4H3,(H,24,26)/t21-/m0/s1. The van der Waals surface area contributed by atoms with Crippen molar-refractivity contribution in [1.82, 2.24) is 5.32 Å². The number of sulfonamides is 1. The van der Waals surface area contributed by atoms with Gasteiger partial charge in [0.2, 0.25) is 15.9 Å². The monoisotopic (exact) mass is 420 g/mol. The number of nitrogens with one attached hydrogen (secondary N) is 1. The minimum absolute atomic E-state index is 0.0776. The van der Waals surface area contributed by atoms with E-state index in [1.54, 1.807) is 0 Å². The van der Waals surface area contributed by atoms with Crippen molar-refractivity contribution in [3.63, 3.8) is 0 Å². The van der Waals surface area contributed by atoms with Crippen LogP contribution in [0.4, 0.5) is 10.1 Å². The van der Waals surface area contributed by atoms with E-state index in [-0.39, 0.29) is 24.9 Å². The van der Waals surface area contributed by atoms with Gasteiger partial charge in [-0.15, -0.1) is 0 Å². The second-order valence-electron chi connectivity index (χ2n) is 7.30. The van der Waals surface area contributed by atoms with Gasteiger partial charge in [0.1, 0.15) is 5.82 Å². The molecule has 0 aliphatic carbocycles. The second-order valence-corrected chi connectivity index (χ2v) is 9.21. The van der Waals surface area contributed by atoms with Crippen molar-refractivity contribution in [2.75, 3.05) is 17.1 Å². The third-order valence-electron chi connectivity index (χ3n) is 4.82. The van der Waals surface area contributed by atoms with Crippen LogP contribution in [0, 0.1) is 19.7 Å². The summed E-state index contributed by atoms with van der Waals surface area (Å²) in [6.45, 7) is 6.23. The van der Waals surface area contributed by atoms with Gasteiger partial charge in [0.15, 0.2) is 0 Å². The fourth-order valence-corrected chi connectivity index (χ4v) is 4.33. The maximum absolute atomic E-state index is 13.1. The van der Waals surface area contributed by atoms with Crippen molar-refractivity contribution >= 4 is 21.6 Å². The summed E-state index contributed by atoms with van der Waals surface area (Å²) >= 11 is 0. The number of benzene rings is 2. The van der Waals surface area contributed by atoms with E-state index in [1.807, 2.05) is 32.9 Å². The predicted molar refractivity (Wildman–Crippen MR) is 115 cm³/mol. The molecule has 0 fully saturated rings. The summed E-state index contributed by atoms with van der Waals surface area (Å²) in [5.41, 5.74) is 3.79. The molecule has 2 aromatic rings. The Kier molecular flexibility index (Phi) is 7.79. The summed E-state index contributed by atoms with van der Waals surface area (Å²) in [4.78, 5) is 12.4. The van der Waals surface area contributed by atoms with E-state index in [2.05, 4.69) is 11.4 Å². The number of hydrogen-bond donors (Lipinski definition) is 1. The SMILES string of the molecule is CC[C@H](NC(=O)CCCN(c1ccc(F)cc1)S(C)(=O)=O)c1ccc(C)cc1C. The highest BCUT2D eigenvalue weighted by molar-refractivity contribution is 7.92. The highest BCUT2D eigenvalue weighted by Crippen LogP contribution is 2.22. The van der Waals surface area contributed by atoms with Crippen LogP contribution in [0.5, 0.6) is 0 Å². The van der Waals surface area contributed by atoms with Crippen LogP contribution in [0.25, 0.3) is 0 Å². The molecule has 0 aliphatic heterocycles. The molecule has 0 aliphatic rings. The first kappa shape index (κ1) is 22.9. The van der Waals surface area contributed by atoms with Crippen LogP contribution in [0.15, 0.2) is 42.5 Å². The third kappa shape index (κ3) is 6.56. The van der Waals surface area contributed by atoms with Gasteiger partial charge in [0, 0.05) is 13.0 Å². The fourth-order valence-electron chi connectivity index (χ4n) is 3.36. The molecule has 29 heavy (non-hydrogen) atoms. The molecule has 0 saturated heterocycles. The average Bonchev–Trinajstić information content (AvgIpc) is 2.64. The lowest BCUT2D eigenvalue weighted by Crippen LogP contribution is -2.33. The molecule has 5 nitrogen and oxygen atoms in total. The van der Waals surface area contributed by atoms with E-state index in [4.69, 9.17) is 0 Å². The molecule has 7 heteroatoms. The molecular formula is C22H29FN2O3S. The quantitative estimate of drug-likeness (QED) is 0.659. The molecule has 0 aromatic heterocycles. The number of aryl methyl sites for hydroxylation is 2. The first-order valence-corrected chi connectivity index (χ1v) is 11.6. The van der Waals surface area contributed by atoms with Gasteiger partial charge in [-0.25, -0.2) is 12.8 Å². The van der Waals surface area contributed by atoms with Gasteiger partial charge in [-0.3, -0.25) is 9.10 Å². The van der Waals surface area contributed by atoms with Crippen molar-refractivity contribution in [1.29, 1.82) is 0 Å². The number of halogens is 1. The number of carbonyl (C=O) groups excluding carboxylic acids is 1. The van der Waals surface area contributed by atoms with E-state index < -0.39 is 15.8 Å². The molecular weight excluding hydrogens is 391 g/mol. The Morgan fingerprint density at radius 3 is 2.34 bits per heavy atom. The van der Waals surface area contributed by atoms with Crippen LogP contribution in [0.2, 0.25) is 0 Å². The number of anilines is 1. The Bertz CT molecular complexity index is 943. The molecule has 0 saturated carbocycles. The second kappa shape index (κ2) is 9.87. The number of rotatable bonds is 9. The van der Waals surface area contributed by atoms with E-state index in [0.29, 0.717) is 12.1 Å². The summed E-state index contributed by atoms with van der Waals surface area (Å²) in [5, 5.41) is 3.05. The minimum atomic E-state index is -3.53. The Morgan fingerprint density at radius 1 is 1.14 bits per heavy atom. The van der Waals surface area contributed by atoms with Crippen LogP contribution in [0.3, 0.4) is 0 Å². The van der Waals surface area contributed by atoms with Gasteiger partial charge < -0.3 is 5.32 Å². The maximum Gasteiger partial charge on any atom is 0.232 e. The molecule has 1 atom stereocenters. The van der Waals surface area contributed by atoms with Crippen LogP contribution >= 0.6 is 0 Å². The van der Waals surface area contributed by atoms with Gasteiger partial charge in [-0.2, -0.15) is 0 Å². The summed E-state index contributed by atoms with van der Waals surface area (Å²) < 4.78 is 38.5. The van der Waals surface area contributed by atoms with Gasteiger partial charge >= 0.3 is 0 Å². The zero-order chi connectivity index (χ0) is 21.6. The van der Waals surface area contributed by atoms with Crippen LogP contribution in [-0.2, 0) is 14.8 Å². The largest absolute Gasteiger partial charge is 0.349 e. The van der Waals surface area contributed by atoms with Crippen molar-refractivity contribution in [2.45, 2.75) is 46.1 Å². The summed E-state index contributed by atoms with van der Waals surface area (Å²) in [6.07, 6.45) is 2.43. The molecule has 0 bridgehead atoms. The van der Waals surface area contributed by atoms with Crippen LogP contribution in [0.1, 0.15) is 48.9 Å². The highest BCUT2D eigenvalue weighted by atomic mass is 32.2. The number of hydrogen-bond acceptors (Lipinski definition) is 3. The van der Waals surface area contributed by atoms with Crippen molar-refractivity contribution in [3.05, 3.63) is 65.0 Å². The third-order valence-corrected chi connectivity index (χ3v) is 6.02. The summed E-state index contributed by atoms with van der Waals surface area (Å²) in [6, 6.07) is 11.4. The normalized spacial score (nSPS) is 12.4. The average molecular weight is 421 g/mol. The molecule has 2 aromatic carbocycles. The highest BCUT2D eigenvalue weighted by Gasteiger charge is 2.19. The first-order chi connectivity index (χ1) is 13.6. The predicted octanol–water partition coefficient (Wildman–Crippen LogP) is 4.26. The lowest BCUT2D eigenvalue weighted by molar-refractivity contribution is -0.121. The van der Waals surface area contributed by atoms with E-state index in [9.17, 15) is 17.6 Å². The Morgan fingerprint density at radius 2 is 1.79 bits per heavy atom. The van der Waals surface area contributed by atoms with E-state index in [0.717, 1.165) is 23.8 Å². The smallest absolute Gasteiger partial charge is 0.232 e. The summed E-state index contributed by atoms with van der Waals surface area (Å²) in [5.74, 6) is -0.553. The molecule has 1 amide bonds. The van der Waals surface area contributed by atoms with E-state index in [1.165, 1.54) is 34.1 Å². The lowest BCUT2D eigenvalue weighted by Gasteiger charge is -2.23. The fraction of sp³-hybridized carbons (Fsp3) is 0.409. The van der Waals surface area contributed by atoms with Gasteiger partial charge in [-0.1, -0.05) is 30.7 Å². The van der Waals surface area contributed by atoms with Crippen molar-refractivity contribution in [3.8, 4) is 0 Å². The zero-order valence-electron chi connectivity index (χ0n) is 17.4.